The average molecular weight is 395 g/mol. The van der Waals surface area contributed by atoms with Crippen molar-refractivity contribution in [3.05, 3.63) is 11.3 Å². The SMILES string of the molecule is NC(CCCC(=O)NC1C(=O)N2C(C(=O)[O-])=C(CO)CS[C@@H]12)C(=O)O.[Na+]. The molecular formula is C14H18N3NaO7S. The summed E-state index contributed by atoms with van der Waals surface area (Å²) >= 11 is 1.24. The molecule has 0 aromatic heterocycles. The van der Waals surface area contributed by atoms with Crippen molar-refractivity contribution < 1.29 is 64.1 Å². The summed E-state index contributed by atoms with van der Waals surface area (Å²) in [5.74, 6) is -3.50. The van der Waals surface area contributed by atoms with Crippen LogP contribution in [0, 0.1) is 0 Å². The van der Waals surface area contributed by atoms with Crippen LogP contribution in [0.15, 0.2) is 11.3 Å². The van der Waals surface area contributed by atoms with Crippen molar-refractivity contribution in [3.63, 3.8) is 0 Å². The van der Waals surface area contributed by atoms with E-state index in [1.165, 1.54) is 11.8 Å². The minimum absolute atomic E-state index is 0. The topological polar surface area (TPSA) is 173 Å². The van der Waals surface area contributed by atoms with E-state index < -0.39 is 47.8 Å². The molecule has 2 unspecified atom stereocenters. The van der Waals surface area contributed by atoms with E-state index in [1.54, 1.807) is 0 Å². The molecule has 2 heterocycles. The smallest absolute Gasteiger partial charge is 0.543 e. The van der Waals surface area contributed by atoms with Crippen LogP contribution in [0.5, 0.6) is 0 Å². The first-order valence-corrected chi connectivity index (χ1v) is 8.59. The Morgan fingerprint density at radius 3 is 2.62 bits per heavy atom. The van der Waals surface area contributed by atoms with E-state index in [0.717, 1.165) is 4.90 Å². The number of carbonyl (C=O) groups is 4. The molecule has 2 rings (SSSR count). The van der Waals surface area contributed by atoms with Crippen LogP contribution >= 0.6 is 11.8 Å². The third-order valence-corrected chi connectivity index (χ3v) is 5.32. The number of thioether (sulfide) groups is 1. The zero-order chi connectivity index (χ0) is 18.7. The van der Waals surface area contributed by atoms with Gasteiger partial charge in [0.1, 0.15) is 17.5 Å². The first-order chi connectivity index (χ1) is 11.8. The number of β-lactam (4-membered cyclic amide) rings is 1. The Morgan fingerprint density at radius 1 is 1.42 bits per heavy atom. The summed E-state index contributed by atoms with van der Waals surface area (Å²) in [5.41, 5.74) is 5.20. The van der Waals surface area contributed by atoms with E-state index >= 15 is 0 Å². The molecule has 26 heavy (non-hydrogen) atoms. The zero-order valence-electron chi connectivity index (χ0n) is 14.1. The summed E-state index contributed by atoms with van der Waals surface area (Å²) in [6.07, 6.45) is 0.386. The summed E-state index contributed by atoms with van der Waals surface area (Å²) in [6.45, 7) is -0.492. The van der Waals surface area contributed by atoms with E-state index in [0.29, 0.717) is 0 Å². The van der Waals surface area contributed by atoms with Crippen LogP contribution in [0.2, 0.25) is 0 Å². The summed E-state index contributed by atoms with van der Waals surface area (Å²) in [5, 5.41) is 31.0. The molecule has 3 atom stereocenters. The van der Waals surface area contributed by atoms with Gasteiger partial charge in [0.05, 0.1) is 18.3 Å². The second kappa shape index (κ2) is 9.72. The Balaban J connectivity index is 0.00000338. The molecular weight excluding hydrogens is 377 g/mol. The number of hydrogen-bond acceptors (Lipinski definition) is 8. The molecule has 5 N–H and O–H groups in total. The number of aliphatic carboxylic acids is 2. The maximum Gasteiger partial charge on any atom is 1.00 e. The van der Waals surface area contributed by atoms with Gasteiger partial charge >= 0.3 is 35.5 Å². The first kappa shape index (κ1) is 22.9. The average Bonchev–Trinajstić information content (AvgIpc) is 2.57. The van der Waals surface area contributed by atoms with E-state index in [9.17, 15) is 29.4 Å². The predicted molar refractivity (Wildman–Crippen MR) is 83.6 cm³/mol. The van der Waals surface area contributed by atoms with Crippen LogP contribution in [-0.4, -0.2) is 68.7 Å². The zero-order valence-corrected chi connectivity index (χ0v) is 17.0. The second-order valence-electron chi connectivity index (χ2n) is 5.69. The van der Waals surface area contributed by atoms with E-state index in [-0.39, 0.29) is 65.8 Å². The number of aliphatic hydroxyl groups excluding tert-OH is 1. The van der Waals surface area contributed by atoms with Crippen molar-refractivity contribution in [1.29, 1.82) is 0 Å². The minimum atomic E-state index is -1.55. The van der Waals surface area contributed by atoms with Crippen LogP contribution in [0.1, 0.15) is 19.3 Å². The summed E-state index contributed by atoms with van der Waals surface area (Å²) in [4.78, 5) is 46.9. The Hall–Kier alpha value is -1.11. The van der Waals surface area contributed by atoms with Crippen LogP contribution in [-0.2, 0) is 19.2 Å². The van der Waals surface area contributed by atoms with Gasteiger partial charge < -0.3 is 31.2 Å². The van der Waals surface area contributed by atoms with Gasteiger partial charge in [-0.1, -0.05) is 0 Å². The molecule has 0 aromatic carbocycles. The van der Waals surface area contributed by atoms with Gasteiger partial charge in [-0.05, 0) is 18.4 Å². The monoisotopic (exact) mass is 395 g/mol. The van der Waals surface area contributed by atoms with Crippen molar-refractivity contribution >= 4 is 35.5 Å². The predicted octanol–water partition coefficient (Wildman–Crippen LogP) is -6.03. The first-order valence-electron chi connectivity index (χ1n) is 7.54. The molecule has 2 amide bonds. The van der Waals surface area contributed by atoms with E-state index in [2.05, 4.69) is 5.32 Å². The fourth-order valence-electron chi connectivity index (χ4n) is 2.64. The number of carboxylic acid groups (broad SMARTS) is 2. The van der Waals surface area contributed by atoms with Crippen LogP contribution in [0.25, 0.3) is 0 Å². The standard InChI is InChI=1S/C14H19N3O7S.Na/c15-7(13(21)22)2-1-3-8(19)16-9-11(20)17-10(14(23)24)6(4-18)5-25-12(9)17;/h7,9,12,18H,1-5,15H2,(H,16,19)(H,21,22)(H,23,24);/q;+1/p-1/t7?,9?,12-;/m0./s1. The number of fused-ring (bicyclic) bond motifs is 1. The van der Waals surface area contributed by atoms with Gasteiger partial charge in [0.15, 0.2) is 0 Å². The fourth-order valence-corrected chi connectivity index (χ4v) is 3.98. The van der Waals surface area contributed by atoms with Gasteiger partial charge in [-0.25, -0.2) is 0 Å². The number of hydrogen-bond donors (Lipinski definition) is 4. The molecule has 0 spiro atoms. The normalized spacial score (nSPS) is 22.7. The molecule has 10 nitrogen and oxygen atoms in total. The molecule has 0 radical (unpaired) electrons. The third kappa shape index (κ3) is 4.78. The molecule has 138 valence electrons. The van der Waals surface area contributed by atoms with Crippen molar-refractivity contribution in [2.75, 3.05) is 12.4 Å². The Kier molecular flexibility index (Phi) is 8.57. The molecule has 2 aliphatic rings. The summed E-state index contributed by atoms with van der Waals surface area (Å²) in [7, 11) is 0. The van der Waals surface area contributed by atoms with Gasteiger partial charge in [0.25, 0.3) is 5.91 Å². The molecule has 0 aromatic rings. The molecule has 12 heteroatoms. The van der Waals surface area contributed by atoms with Crippen molar-refractivity contribution in [1.82, 2.24) is 10.2 Å². The molecule has 1 fully saturated rings. The largest absolute Gasteiger partial charge is 1.00 e. The van der Waals surface area contributed by atoms with Gasteiger partial charge in [-0.15, -0.1) is 11.8 Å². The molecule has 0 saturated carbocycles. The summed E-state index contributed by atoms with van der Waals surface area (Å²) in [6, 6.07) is -1.91. The third-order valence-electron chi connectivity index (χ3n) is 3.98. The molecule has 1 saturated heterocycles. The van der Waals surface area contributed by atoms with Gasteiger partial charge in [-0.3, -0.25) is 19.3 Å². The fraction of sp³-hybridized carbons (Fsp3) is 0.571. The number of aliphatic hydroxyl groups is 1. The van der Waals surface area contributed by atoms with Crippen LogP contribution in [0.3, 0.4) is 0 Å². The van der Waals surface area contributed by atoms with Gasteiger partial charge in [0, 0.05) is 12.2 Å². The quantitative estimate of drug-likeness (QED) is 0.230. The molecule has 0 bridgehead atoms. The van der Waals surface area contributed by atoms with E-state index in [4.69, 9.17) is 10.8 Å². The minimum Gasteiger partial charge on any atom is -0.543 e. The van der Waals surface area contributed by atoms with Gasteiger partial charge in [0.2, 0.25) is 5.91 Å². The van der Waals surface area contributed by atoms with Crippen molar-refractivity contribution in [2.24, 2.45) is 5.73 Å². The Morgan fingerprint density at radius 2 is 2.08 bits per heavy atom. The number of carboxylic acids is 2. The van der Waals surface area contributed by atoms with Gasteiger partial charge in [-0.2, -0.15) is 0 Å². The number of rotatable bonds is 8. The van der Waals surface area contributed by atoms with Crippen LogP contribution in [0.4, 0.5) is 0 Å². The Bertz CT molecular complexity index is 642. The van der Waals surface area contributed by atoms with Crippen molar-refractivity contribution in [2.45, 2.75) is 36.7 Å². The molecule has 0 aliphatic carbocycles. The van der Waals surface area contributed by atoms with Crippen molar-refractivity contribution in [3.8, 4) is 0 Å². The summed E-state index contributed by atoms with van der Waals surface area (Å²) < 4.78 is 0. The number of carbonyl (C=O) groups excluding carboxylic acids is 3. The maximum absolute atomic E-state index is 12.2. The number of amides is 2. The Labute approximate surface area is 175 Å². The number of nitrogens with zero attached hydrogens (tertiary/aromatic N) is 1. The molecule has 2 aliphatic heterocycles. The number of nitrogens with one attached hydrogen (secondary N) is 1. The van der Waals surface area contributed by atoms with Crippen LogP contribution < -0.4 is 45.7 Å². The second-order valence-corrected chi connectivity index (χ2v) is 6.79. The number of nitrogens with two attached hydrogens (primary N) is 1. The van der Waals surface area contributed by atoms with E-state index in [1.807, 2.05) is 0 Å². The maximum atomic E-state index is 12.2.